The Balaban J connectivity index is 2.10. The van der Waals surface area contributed by atoms with Gasteiger partial charge in [0.2, 0.25) is 5.03 Å². The molecule has 0 bridgehead atoms. The number of aromatic nitrogens is 3. The molecule has 2 rings (SSSR count). The summed E-state index contributed by atoms with van der Waals surface area (Å²) in [7, 11) is -2.12. The van der Waals surface area contributed by atoms with E-state index in [1.54, 1.807) is 0 Å². The summed E-state index contributed by atoms with van der Waals surface area (Å²) in [5, 5.41) is 7.36. The van der Waals surface area contributed by atoms with E-state index in [1.165, 1.54) is 18.2 Å². The van der Waals surface area contributed by atoms with Crippen LogP contribution in [-0.2, 0) is 17.1 Å². The average molecular weight is 352 g/mol. The van der Waals surface area contributed by atoms with Crippen molar-refractivity contribution in [3.05, 3.63) is 4.60 Å². The number of aryl methyl sites for hydroxylation is 1. The quantitative estimate of drug-likeness (QED) is 0.822. The first kappa shape index (κ1) is 14.9. The van der Waals surface area contributed by atoms with Gasteiger partial charge in [0.25, 0.3) is 10.0 Å². The molecule has 3 N–H and O–H groups in total. The van der Waals surface area contributed by atoms with Gasteiger partial charge in [-0.15, -0.1) is 5.10 Å². The second-order valence-corrected chi connectivity index (χ2v) is 7.49. The molecule has 0 amide bonds. The fourth-order valence-electron chi connectivity index (χ4n) is 2.35. The van der Waals surface area contributed by atoms with Crippen molar-refractivity contribution in [1.82, 2.24) is 19.7 Å². The molecule has 1 heterocycles. The van der Waals surface area contributed by atoms with E-state index >= 15 is 0 Å². The Hall–Kier alpha value is -0.510. The summed E-state index contributed by atoms with van der Waals surface area (Å²) in [6, 6.07) is 0. The third-order valence-electron chi connectivity index (χ3n) is 3.46. The summed E-state index contributed by atoms with van der Waals surface area (Å²) in [6.07, 6.45) is 4.97. The van der Waals surface area contributed by atoms with Gasteiger partial charge in [-0.2, -0.15) is 0 Å². The topological polar surface area (TPSA) is 103 Å². The number of halogens is 1. The van der Waals surface area contributed by atoms with E-state index in [4.69, 9.17) is 5.73 Å². The lowest BCUT2D eigenvalue weighted by Crippen LogP contribution is -2.51. The molecule has 9 heteroatoms. The molecule has 1 saturated carbocycles. The third-order valence-corrected chi connectivity index (χ3v) is 5.74. The average Bonchev–Trinajstić information content (AvgIpc) is 2.68. The van der Waals surface area contributed by atoms with Crippen molar-refractivity contribution in [2.45, 2.75) is 42.7 Å². The Morgan fingerprint density at radius 2 is 2.05 bits per heavy atom. The van der Waals surface area contributed by atoms with E-state index in [0.717, 1.165) is 25.7 Å². The standard InChI is InChI=1S/C10H18BrN5O2S/c1-16-9(8(11)14-15-16)19(17,18)13-7-10(12)5-3-2-4-6-10/h13H,2-7,12H2,1H3. The molecule has 1 aliphatic carbocycles. The van der Waals surface area contributed by atoms with Crippen LogP contribution in [0.15, 0.2) is 9.63 Å². The Kier molecular flexibility index (Phi) is 4.29. The molecule has 1 aromatic rings. The second kappa shape index (κ2) is 5.47. The van der Waals surface area contributed by atoms with E-state index < -0.39 is 15.6 Å². The number of sulfonamides is 1. The van der Waals surface area contributed by atoms with Crippen molar-refractivity contribution < 1.29 is 8.42 Å². The number of rotatable bonds is 4. The molecule has 7 nitrogen and oxygen atoms in total. The lowest BCUT2D eigenvalue weighted by molar-refractivity contribution is 0.296. The Morgan fingerprint density at radius 1 is 1.42 bits per heavy atom. The summed E-state index contributed by atoms with van der Waals surface area (Å²) < 4.78 is 28.4. The van der Waals surface area contributed by atoms with Gasteiger partial charge >= 0.3 is 0 Å². The van der Waals surface area contributed by atoms with Crippen LogP contribution in [0.25, 0.3) is 0 Å². The van der Waals surface area contributed by atoms with Gasteiger partial charge < -0.3 is 5.73 Å². The molecule has 0 radical (unpaired) electrons. The fourth-order valence-corrected chi connectivity index (χ4v) is 4.58. The van der Waals surface area contributed by atoms with Gasteiger partial charge in [-0.05, 0) is 28.8 Å². The Labute approximate surface area is 121 Å². The highest BCUT2D eigenvalue weighted by Crippen LogP contribution is 2.26. The van der Waals surface area contributed by atoms with Crippen LogP contribution >= 0.6 is 15.9 Å². The van der Waals surface area contributed by atoms with Crippen LogP contribution in [0.3, 0.4) is 0 Å². The van der Waals surface area contributed by atoms with Crippen LogP contribution < -0.4 is 10.5 Å². The van der Waals surface area contributed by atoms with E-state index in [1.807, 2.05) is 0 Å². The maximum atomic E-state index is 12.2. The van der Waals surface area contributed by atoms with E-state index in [2.05, 4.69) is 31.0 Å². The fraction of sp³-hybridized carbons (Fsp3) is 0.800. The molecular formula is C10H18BrN5O2S. The number of nitrogens with zero attached hydrogens (tertiary/aromatic N) is 3. The Morgan fingerprint density at radius 3 is 2.58 bits per heavy atom. The number of nitrogens with two attached hydrogens (primary N) is 1. The first-order valence-electron chi connectivity index (χ1n) is 6.18. The minimum absolute atomic E-state index is 0.0203. The number of nitrogens with one attached hydrogen (secondary N) is 1. The normalized spacial score (nSPS) is 19.5. The summed E-state index contributed by atoms with van der Waals surface area (Å²) in [5.74, 6) is 0. The van der Waals surface area contributed by atoms with Gasteiger partial charge in [0.05, 0.1) is 0 Å². The van der Waals surface area contributed by atoms with Gasteiger partial charge in [0, 0.05) is 19.1 Å². The molecular weight excluding hydrogens is 334 g/mol. The van der Waals surface area contributed by atoms with Gasteiger partial charge in [0.1, 0.15) is 0 Å². The Bertz CT molecular complexity index is 531. The zero-order valence-corrected chi connectivity index (χ0v) is 13.2. The predicted octanol–water partition coefficient (Wildman–Crippen LogP) is 0.517. The van der Waals surface area contributed by atoms with Gasteiger partial charge in [-0.3, -0.25) is 0 Å². The molecule has 0 atom stereocenters. The smallest absolute Gasteiger partial charge is 0.260 e. The van der Waals surface area contributed by atoms with Crippen molar-refractivity contribution in [3.63, 3.8) is 0 Å². The zero-order chi connectivity index (χ0) is 14.1. The summed E-state index contributed by atoms with van der Waals surface area (Å²) in [4.78, 5) is 0. The van der Waals surface area contributed by atoms with Gasteiger partial charge in [-0.1, -0.05) is 24.5 Å². The highest BCUT2D eigenvalue weighted by atomic mass is 79.9. The zero-order valence-electron chi connectivity index (χ0n) is 10.8. The number of hydrogen-bond donors (Lipinski definition) is 2. The van der Waals surface area contributed by atoms with Crippen molar-refractivity contribution in [2.24, 2.45) is 12.8 Å². The monoisotopic (exact) mass is 351 g/mol. The molecule has 0 saturated heterocycles. The first-order valence-corrected chi connectivity index (χ1v) is 8.45. The van der Waals surface area contributed by atoms with E-state index in [9.17, 15) is 8.42 Å². The molecule has 19 heavy (non-hydrogen) atoms. The highest BCUT2D eigenvalue weighted by molar-refractivity contribution is 9.10. The SMILES string of the molecule is Cn1nnc(Br)c1S(=O)(=O)NCC1(N)CCCCC1. The maximum absolute atomic E-state index is 12.2. The molecule has 1 aliphatic rings. The van der Waals surface area contributed by atoms with Crippen molar-refractivity contribution in [2.75, 3.05) is 6.54 Å². The minimum atomic E-state index is -3.65. The van der Waals surface area contributed by atoms with E-state index in [0.29, 0.717) is 0 Å². The van der Waals surface area contributed by atoms with Gasteiger partial charge in [-0.25, -0.2) is 17.8 Å². The van der Waals surface area contributed by atoms with Crippen LogP contribution in [0.4, 0.5) is 0 Å². The maximum Gasteiger partial charge on any atom is 0.260 e. The van der Waals surface area contributed by atoms with Crippen LogP contribution in [0.2, 0.25) is 0 Å². The van der Waals surface area contributed by atoms with Crippen LogP contribution in [0.1, 0.15) is 32.1 Å². The largest absolute Gasteiger partial charge is 0.324 e. The van der Waals surface area contributed by atoms with Crippen molar-refractivity contribution in [3.8, 4) is 0 Å². The van der Waals surface area contributed by atoms with Crippen LogP contribution in [0, 0.1) is 0 Å². The third kappa shape index (κ3) is 3.33. The van der Waals surface area contributed by atoms with Crippen LogP contribution in [-0.4, -0.2) is 35.5 Å². The first-order chi connectivity index (χ1) is 8.84. The molecule has 1 aromatic heterocycles. The lowest BCUT2D eigenvalue weighted by atomic mass is 9.83. The molecule has 0 aliphatic heterocycles. The van der Waals surface area contributed by atoms with E-state index in [-0.39, 0.29) is 16.2 Å². The van der Waals surface area contributed by atoms with Crippen molar-refractivity contribution >= 4 is 26.0 Å². The summed E-state index contributed by atoms with van der Waals surface area (Å²) in [6.45, 7) is 0.243. The predicted molar refractivity (Wildman–Crippen MR) is 73.9 cm³/mol. The lowest BCUT2D eigenvalue weighted by Gasteiger charge is -2.33. The van der Waals surface area contributed by atoms with Crippen LogP contribution in [0.5, 0.6) is 0 Å². The summed E-state index contributed by atoms with van der Waals surface area (Å²) in [5.41, 5.74) is 5.78. The van der Waals surface area contributed by atoms with Gasteiger partial charge in [0.15, 0.2) is 4.60 Å². The summed E-state index contributed by atoms with van der Waals surface area (Å²) >= 11 is 3.09. The molecule has 0 unspecified atom stereocenters. The molecule has 1 fully saturated rings. The molecule has 0 aromatic carbocycles. The molecule has 108 valence electrons. The highest BCUT2D eigenvalue weighted by Gasteiger charge is 2.31. The second-order valence-electron chi connectivity index (χ2n) is 5.06. The van der Waals surface area contributed by atoms with Crippen molar-refractivity contribution in [1.29, 1.82) is 0 Å². The molecule has 0 spiro atoms. The number of hydrogen-bond acceptors (Lipinski definition) is 5. The minimum Gasteiger partial charge on any atom is -0.324 e.